The molecule has 0 radical (unpaired) electrons. The number of fused-ring (bicyclic) bond motifs is 2. The Labute approximate surface area is 183 Å². The van der Waals surface area contributed by atoms with Crippen LogP contribution in [0.15, 0.2) is 31.8 Å². The molecule has 0 fully saturated rings. The standard InChI is InChI=1S/2C5H4N4O2.2H2O4S.2H2O/c2*10-4-2-3(7-1-6-2)8-5(11)9-4;2*1-5(2,3)4;;/h2*1H,(H3,6,7,8,9,10,11);2*(H2,1,2,3,4);2*1H2. The van der Waals surface area contributed by atoms with Crippen LogP contribution in [-0.2, 0) is 20.8 Å². The average molecular weight is 536 g/mol. The van der Waals surface area contributed by atoms with Crippen LogP contribution >= 0.6 is 0 Å². The fraction of sp³-hybridized carbons (Fsp3) is 0. The van der Waals surface area contributed by atoms with Gasteiger partial charge in [0.05, 0.1) is 0 Å². The van der Waals surface area contributed by atoms with Crippen LogP contribution in [0.3, 0.4) is 0 Å². The molecule has 0 aromatic carbocycles. The summed E-state index contributed by atoms with van der Waals surface area (Å²) in [6, 6.07) is 0. The second-order valence-corrected chi connectivity index (χ2v) is 6.75. The number of aromatic amines is 8. The number of H-pyrrole nitrogens is 8. The third kappa shape index (κ3) is 12.7. The van der Waals surface area contributed by atoms with E-state index >= 15 is 0 Å². The van der Waals surface area contributed by atoms with Gasteiger partial charge in [-0.25, -0.2) is 46.4 Å². The van der Waals surface area contributed by atoms with E-state index in [0.29, 0.717) is 22.3 Å². The number of imidazole rings is 2. The van der Waals surface area contributed by atoms with Gasteiger partial charge in [-0.3, -0.25) is 38.6 Å². The lowest BCUT2D eigenvalue weighted by atomic mass is 10.5. The van der Waals surface area contributed by atoms with Crippen molar-refractivity contribution in [2.75, 3.05) is 0 Å². The zero-order valence-electron chi connectivity index (χ0n) is 15.9. The SMILES string of the molecule is O.O.O=S(=O)([O-])O.O=S(=O)([O-])O.O=c1[nH]c(=O)c2[nH]c[nH+]c2[nH]1.O=c1[nH]c(=O)c2[nH]c[nH+]c2[nH]1. The lowest BCUT2D eigenvalue weighted by Gasteiger charge is -1.88. The molecule has 0 aliphatic rings. The maximum atomic E-state index is 10.9. The monoisotopic (exact) mass is 536 g/mol. The molecule has 0 saturated heterocycles. The van der Waals surface area contributed by atoms with Gasteiger partial charge in [-0.1, -0.05) is 0 Å². The van der Waals surface area contributed by atoms with Gasteiger partial charge in [0.1, 0.15) is 0 Å². The van der Waals surface area contributed by atoms with Crippen molar-refractivity contribution in [3.05, 3.63) is 54.3 Å². The predicted molar refractivity (Wildman–Crippen MR) is 104 cm³/mol. The molecule has 4 aromatic rings. The van der Waals surface area contributed by atoms with Crippen LogP contribution in [0.4, 0.5) is 0 Å². The summed E-state index contributed by atoms with van der Waals surface area (Å²) >= 11 is 0. The fourth-order valence-electron chi connectivity index (χ4n) is 1.83. The van der Waals surface area contributed by atoms with Crippen LogP contribution < -0.4 is 32.5 Å². The molecule has 22 nitrogen and oxygen atoms in total. The number of nitrogens with one attached hydrogen (secondary N) is 8. The Morgan fingerprint density at radius 2 is 0.912 bits per heavy atom. The number of rotatable bonds is 0. The highest BCUT2D eigenvalue weighted by atomic mass is 32.3. The molecule has 0 bridgehead atoms. The van der Waals surface area contributed by atoms with Gasteiger partial charge < -0.3 is 20.1 Å². The Morgan fingerprint density at radius 3 is 1.18 bits per heavy atom. The summed E-state index contributed by atoms with van der Waals surface area (Å²) < 4.78 is 65.7. The summed E-state index contributed by atoms with van der Waals surface area (Å²) in [5.74, 6) is 0. The Hall–Kier alpha value is -4.04. The van der Waals surface area contributed by atoms with Gasteiger partial charge in [0, 0.05) is 0 Å². The first-order chi connectivity index (χ1) is 14.5. The molecule has 4 aromatic heterocycles. The molecule has 0 atom stereocenters. The van der Waals surface area contributed by atoms with Gasteiger partial charge in [-0.2, -0.15) is 0 Å². The first-order valence-corrected chi connectivity index (χ1v) is 10.1. The second-order valence-electron chi connectivity index (χ2n) is 5.04. The molecule has 24 heteroatoms. The summed E-state index contributed by atoms with van der Waals surface area (Å²) in [6.45, 7) is 0. The Bertz CT molecular complexity index is 1500. The Balaban J connectivity index is 0. The van der Waals surface area contributed by atoms with Crippen LogP contribution in [0.1, 0.15) is 0 Å². The van der Waals surface area contributed by atoms with Crippen molar-refractivity contribution < 1.29 is 56.0 Å². The Morgan fingerprint density at radius 1 is 0.647 bits per heavy atom. The molecule has 0 aliphatic heterocycles. The van der Waals surface area contributed by atoms with E-state index < -0.39 is 43.3 Å². The minimum atomic E-state index is -4.92. The zero-order chi connectivity index (χ0) is 24.7. The van der Waals surface area contributed by atoms with Crippen molar-refractivity contribution >= 4 is 43.1 Å². The van der Waals surface area contributed by atoms with Gasteiger partial charge in [-0.05, 0) is 0 Å². The van der Waals surface area contributed by atoms with E-state index in [-0.39, 0.29) is 11.0 Å². The molecular weight excluding hydrogens is 520 g/mol. The molecule has 4 rings (SSSR count). The molecule has 14 N–H and O–H groups in total. The highest BCUT2D eigenvalue weighted by Crippen LogP contribution is 1.87. The van der Waals surface area contributed by atoms with Crippen molar-refractivity contribution in [2.45, 2.75) is 0 Å². The number of hydrogen-bond donors (Lipinski definition) is 8. The largest absolute Gasteiger partial charge is 0.726 e. The quantitative estimate of drug-likeness (QED) is 0.0767. The van der Waals surface area contributed by atoms with Crippen LogP contribution in [0.2, 0.25) is 0 Å². The third-order valence-electron chi connectivity index (χ3n) is 2.75. The highest BCUT2D eigenvalue weighted by Gasteiger charge is 2.07. The summed E-state index contributed by atoms with van der Waals surface area (Å²) in [5.41, 5.74) is -0.404. The van der Waals surface area contributed by atoms with Gasteiger partial charge in [-0.15, -0.1) is 0 Å². The fourth-order valence-corrected chi connectivity index (χ4v) is 1.83. The lowest BCUT2D eigenvalue weighted by Crippen LogP contribution is -2.23. The third-order valence-corrected chi connectivity index (χ3v) is 2.75. The molecule has 192 valence electrons. The van der Waals surface area contributed by atoms with E-state index in [4.69, 9.17) is 35.0 Å². The molecule has 0 amide bonds. The van der Waals surface area contributed by atoms with Crippen LogP contribution in [0.25, 0.3) is 22.3 Å². The number of aromatic nitrogens is 8. The zero-order valence-corrected chi connectivity index (χ0v) is 17.6. The first kappa shape index (κ1) is 32.1. The predicted octanol–water partition coefficient (Wildman–Crippen LogP) is -6.92. The minimum absolute atomic E-state index is 0. The van der Waals surface area contributed by atoms with Crippen LogP contribution in [0, 0.1) is 0 Å². The van der Waals surface area contributed by atoms with Crippen LogP contribution in [-0.4, -0.2) is 75.9 Å². The highest BCUT2D eigenvalue weighted by molar-refractivity contribution is 7.80. The molecule has 0 unspecified atom stereocenters. The van der Waals surface area contributed by atoms with Crippen molar-refractivity contribution in [2.24, 2.45) is 0 Å². The molecule has 0 spiro atoms. The normalized spacial score (nSPS) is 10.2. The molecular formula is C10H16N8O14S2. The molecule has 34 heavy (non-hydrogen) atoms. The average Bonchev–Trinajstić information content (AvgIpc) is 3.21. The van der Waals surface area contributed by atoms with E-state index in [9.17, 15) is 19.2 Å². The van der Waals surface area contributed by atoms with Crippen LogP contribution in [0.5, 0.6) is 0 Å². The summed E-state index contributed by atoms with van der Waals surface area (Å²) in [7, 11) is -9.83. The first-order valence-electron chi connectivity index (χ1n) is 7.34. The van der Waals surface area contributed by atoms with E-state index in [1.807, 2.05) is 0 Å². The Kier molecular flexibility index (Phi) is 12.2. The molecule has 0 aliphatic carbocycles. The summed E-state index contributed by atoms with van der Waals surface area (Å²) in [4.78, 5) is 62.8. The number of hydrogen-bond acceptors (Lipinski definition) is 10. The topological polar surface area (TPSA) is 409 Å². The molecule has 4 heterocycles. The summed E-state index contributed by atoms with van der Waals surface area (Å²) in [6.07, 6.45) is 2.94. The van der Waals surface area contributed by atoms with E-state index in [1.54, 1.807) is 0 Å². The van der Waals surface area contributed by atoms with Gasteiger partial charge >= 0.3 is 11.4 Å². The maximum Gasteiger partial charge on any atom is 0.384 e. The van der Waals surface area contributed by atoms with Crippen molar-refractivity contribution in [1.29, 1.82) is 0 Å². The van der Waals surface area contributed by atoms with E-state index in [2.05, 4.69) is 39.9 Å². The van der Waals surface area contributed by atoms with Crippen molar-refractivity contribution in [3.8, 4) is 0 Å². The van der Waals surface area contributed by atoms with Gasteiger partial charge in [0.25, 0.3) is 22.4 Å². The van der Waals surface area contributed by atoms with Crippen molar-refractivity contribution in [3.63, 3.8) is 0 Å². The van der Waals surface area contributed by atoms with Crippen molar-refractivity contribution in [1.82, 2.24) is 29.9 Å². The molecule has 0 saturated carbocycles. The van der Waals surface area contributed by atoms with Gasteiger partial charge in [0.2, 0.25) is 31.8 Å². The second kappa shape index (κ2) is 12.9. The summed E-state index contributed by atoms with van der Waals surface area (Å²) in [5, 5.41) is 0. The minimum Gasteiger partial charge on any atom is -0.726 e. The van der Waals surface area contributed by atoms with E-state index in [1.165, 1.54) is 12.7 Å². The maximum absolute atomic E-state index is 10.9. The van der Waals surface area contributed by atoms with E-state index in [0.717, 1.165) is 0 Å². The van der Waals surface area contributed by atoms with Gasteiger partial charge in [0.15, 0.2) is 12.7 Å². The lowest BCUT2D eigenvalue weighted by molar-refractivity contribution is -0.347. The smallest absolute Gasteiger partial charge is 0.384 e.